The highest BCUT2D eigenvalue weighted by molar-refractivity contribution is 5.83. The normalized spacial score (nSPS) is 50.5. The Kier molecular flexibility index (Phi) is 4.84. The molecule has 0 amide bonds. The zero-order chi connectivity index (χ0) is 25.9. The fourth-order valence-electron chi connectivity index (χ4n) is 9.04. The summed E-state index contributed by atoms with van der Waals surface area (Å²) in [4.78, 5) is 25.4. The van der Waals surface area contributed by atoms with Crippen molar-refractivity contribution in [1.82, 2.24) is 0 Å². The fourth-order valence-corrected chi connectivity index (χ4v) is 9.04. The van der Waals surface area contributed by atoms with E-state index < -0.39 is 69.7 Å². The first kappa shape index (κ1) is 24.2. The Morgan fingerprint density at radius 1 is 1.19 bits per heavy atom. The minimum atomic E-state index is -1.20. The van der Waals surface area contributed by atoms with Crippen molar-refractivity contribution in [3.63, 3.8) is 0 Å². The van der Waals surface area contributed by atoms with Gasteiger partial charge in [0.25, 0.3) is 0 Å². The number of epoxide rings is 1. The molecule has 5 fully saturated rings. The topological polar surface area (TPSA) is 128 Å². The van der Waals surface area contributed by atoms with Crippen molar-refractivity contribution in [3.8, 4) is 0 Å². The van der Waals surface area contributed by atoms with Crippen molar-refractivity contribution < 1.29 is 43.2 Å². The van der Waals surface area contributed by atoms with E-state index in [4.69, 9.17) is 23.4 Å². The van der Waals surface area contributed by atoms with Gasteiger partial charge in [-0.05, 0) is 38.7 Å². The van der Waals surface area contributed by atoms with Crippen LogP contribution in [0.25, 0.3) is 0 Å². The summed E-state index contributed by atoms with van der Waals surface area (Å²) in [6, 6.07) is 1.78. The number of aliphatic hydroxyl groups excluding tert-OH is 2. The molecule has 10 atom stereocenters. The third-order valence-corrected chi connectivity index (χ3v) is 10.5. The van der Waals surface area contributed by atoms with Crippen LogP contribution in [-0.4, -0.2) is 65.4 Å². The lowest BCUT2D eigenvalue weighted by atomic mass is 9.37. The highest BCUT2D eigenvalue weighted by Gasteiger charge is 2.89. The van der Waals surface area contributed by atoms with E-state index in [1.165, 1.54) is 13.2 Å². The van der Waals surface area contributed by atoms with Gasteiger partial charge in [0, 0.05) is 33.8 Å². The second-order valence-electron chi connectivity index (χ2n) is 12.2. The van der Waals surface area contributed by atoms with Gasteiger partial charge in [-0.2, -0.15) is 0 Å². The number of ether oxygens (including phenoxy) is 4. The Hall–Kier alpha value is -2.20. The molecule has 5 aliphatic rings. The van der Waals surface area contributed by atoms with Crippen molar-refractivity contribution in [2.75, 3.05) is 13.7 Å². The number of aliphatic hydroxyl groups is 2. The first-order valence-electron chi connectivity index (χ1n) is 12.6. The first-order chi connectivity index (χ1) is 16.9. The lowest BCUT2D eigenvalue weighted by Gasteiger charge is -2.67. The van der Waals surface area contributed by atoms with E-state index in [1.807, 2.05) is 33.8 Å². The zero-order valence-corrected chi connectivity index (χ0v) is 21.2. The number of rotatable bonds is 3. The number of esters is 2. The summed E-state index contributed by atoms with van der Waals surface area (Å²) in [5, 5.41) is 23.7. The monoisotopic (exact) mass is 502 g/mol. The maximum absolute atomic E-state index is 13.2. The second kappa shape index (κ2) is 7.22. The third-order valence-electron chi connectivity index (χ3n) is 10.5. The van der Waals surface area contributed by atoms with Crippen LogP contribution in [0.15, 0.2) is 35.2 Å². The van der Waals surface area contributed by atoms with Crippen molar-refractivity contribution >= 4 is 11.9 Å². The molecule has 4 heterocycles. The van der Waals surface area contributed by atoms with Crippen molar-refractivity contribution in [1.29, 1.82) is 0 Å². The summed E-state index contributed by atoms with van der Waals surface area (Å²) < 4.78 is 28.7. The van der Waals surface area contributed by atoms with Crippen LogP contribution < -0.4 is 0 Å². The van der Waals surface area contributed by atoms with E-state index in [2.05, 4.69) is 0 Å². The summed E-state index contributed by atoms with van der Waals surface area (Å²) in [6.45, 7) is 8.02. The molecule has 1 aromatic heterocycles. The van der Waals surface area contributed by atoms with Crippen LogP contribution in [0.5, 0.6) is 0 Å². The minimum absolute atomic E-state index is 0.259. The predicted molar refractivity (Wildman–Crippen MR) is 123 cm³/mol. The van der Waals surface area contributed by atoms with E-state index in [1.54, 1.807) is 18.6 Å². The van der Waals surface area contributed by atoms with E-state index in [0.717, 1.165) is 5.56 Å². The Morgan fingerprint density at radius 2 is 1.94 bits per heavy atom. The zero-order valence-electron chi connectivity index (χ0n) is 21.2. The molecule has 0 aromatic carbocycles. The number of carbonyl (C=O) groups is 2. The van der Waals surface area contributed by atoms with Gasteiger partial charge in [-0.15, -0.1) is 0 Å². The molecule has 0 bridgehead atoms. The van der Waals surface area contributed by atoms with Gasteiger partial charge >= 0.3 is 11.9 Å². The lowest BCUT2D eigenvalue weighted by molar-refractivity contribution is -0.266. The Morgan fingerprint density at radius 3 is 2.61 bits per heavy atom. The van der Waals surface area contributed by atoms with Gasteiger partial charge in [-0.25, -0.2) is 9.59 Å². The average Bonchev–Trinajstić information content (AvgIpc) is 3.29. The molecular weight excluding hydrogens is 468 g/mol. The van der Waals surface area contributed by atoms with Gasteiger partial charge in [-0.3, -0.25) is 0 Å². The Balaban J connectivity index is 1.54. The SMILES string of the molecule is COC(=O)/C=C\[C@@]12COC(C)(C)[C@@H]1[C@@H](O)[C@@H](O)[C@]1(C)[C@@H]2CC[C@@]2(C)[C@H](c3ccoc3)OC(=O)[C@H]3O[C@@]312. The summed E-state index contributed by atoms with van der Waals surface area (Å²) in [6.07, 6.45) is 3.73. The summed E-state index contributed by atoms with van der Waals surface area (Å²) in [5.74, 6) is -1.73. The number of methoxy groups -OCH3 is 1. The van der Waals surface area contributed by atoms with Crippen LogP contribution in [0, 0.1) is 28.1 Å². The number of hydrogen-bond acceptors (Lipinski definition) is 9. The van der Waals surface area contributed by atoms with Crippen molar-refractivity contribution in [2.45, 2.75) is 76.2 Å². The standard InChI is InChI=1S/C27H34O9/c1-23(2)18-17(29)19(30)25(4)15(26(18,13-34-23)10-7-16(28)32-5)6-9-24(3)20(14-8-11-33-12-14)35-22(31)21-27(24,25)36-21/h7-8,10-12,15,17-21,29-30H,6,9,13H2,1-5H3/b10-7-/t15-,17+,18-,19+,20-,21+,24-,25-,26-,27+/m0/s1. The third kappa shape index (κ3) is 2.55. The number of cyclic esters (lactones) is 1. The van der Waals surface area contributed by atoms with E-state index in [0.29, 0.717) is 12.8 Å². The Labute approximate surface area is 209 Å². The highest BCUT2D eigenvalue weighted by atomic mass is 16.7. The van der Waals surface area contributed by atoms with Crippen LogP contribution in [0.2, 0.25) is 0 Å². The van der Waals surface area contributed by atoms with Gasteiger partial charge in [-0.1, -0.05) is 19.9 Å². The molecular formula is C27H34O9. The van der Waals surface area contributed by atoms with Crippen LogP contribution >= 0.6 is 0 Å². The Bertz CT molecular complexity index is 1130. The maximum atomic E-state index is 13.2. The largest absolute Gasteiger partial charge is 0.472 e. The minimum Gasteiger partial charge on any atom is -0.472 e. The molecule has 1 spiro atoms. The molecule has 2 N–H and O–H groups in total. The summed E-state index contributed by atoms with van der Waals surface area (Å²) in [7, 11) is 1.32. The lowest BCUT2D eigenvalue weighted by Crippen LogP contribution is -2.75. The number of furan rings is 1. The predicted octanol–water partition coefficient (Wildman–Crippen LogP) is 2.31. The van der Waals surface area contributed by atoms with Crippen LogP contribution in [-0.2, 0) is 28.5 Å². The number of hydrogen-bond donors (Lipinski definition) is 2. The van der Waals surface area contributed by atoms with Gasteiger partial charge < -0.3 is 33.6 Å². The quantitative estimate of drug-likeness (QED) is 0.363. The smallest absolute Gasteiger partial charge is 0.339 e. The second-order valence-corrected chi connectivity index (χ2v) is 12.2. The molecule has 3 aliphatic heterocycles. The molecule has 9 heteroatoms. The van der Waals surface area contributed by atoms with Gasteiger partial charge in [0.1, 0.15) is 11.7 Å². The maximum Gasteiger partial charge on any atom is 0.339 e. The highest BCUT2D eigenvalue weighted by Crippen LogP contribution is 2.79. The van der Waals surface area contributed by atoms with Crippen molar-refractivity contribution in [3.05, 3.63) is 36.3 Å². The number of fused-ring (bicyclic) bond motifs is 3. The molecule has 6 rings (SSSR count). The molecule has 2 aliphatic carbocycles. The fraction of sp³-hybridized carbons (Fsp3) is 0.704. The summed E-state index contributed by atoms with van der Waals surface area (Å²) in [5.41, 5.74) is -3.62. The molecule has 36 heavy (non-hydrogen) atoms. The van der Waals surface area contributed by atoms with Gasteiger partial charge in [0.05, 0.1) is 44.1 Å². The van der Waals surface area contributed by atoms with E-state index in [9.17, 15) is 19.8 Å². The molecule has 196 valence electrons. The number of carbonyl (C=O) groups excluding carboxylic acids is 2. The van der Waals surface area contributed by atoms with Gasteiger partial charge in [0.2, 0.25) is 0 Å². The molecule has 0 radical (unpaired) electrons. The van der Waals surface area contributed by atoms with Crippen molar-refractivity contribution in [2.24, 2.45) is 28.1 Å². The van der Waals surface area contributed by atoms with E-state index >= 15 is 0 Å². The molecule has 3 saturated heterocycles. The van der Waals surface area contributed by atoms with Crippen LogP contribution in [0.1, 0.15) is 52.2 Å². The first-order valence-corrected chi connectivity index (χ1v) is 12.6. The molecule has 1 aromatic rings. The average molecular weight is 503 g/mol. The van der Waals surface area contributed by atoms with Crippen LogP contribution in [0.4, 0.5) is 0 Å². The molecule has 2 saturated carbocycles. The van der Waals surface area contributed by atoms with Gasteiger partial charge in [0.15, 0.2) is 6.10 Å². The van der Waals surface area contributed by atoms with E-state index in [-0.39, 0.29) is 12.5 Å². The van der Waals surface area contributed by atoms with Crippen LogP contribution in [0.3, 0.4) is 0 Å². The molecule has 9 nitrogen and oxygen atoms in total. The summed E-state index contributed by atoms with van der Waals surface area (Å²) >= 11 is 0. The molecule has 0 unspecified atom stereocenters.